The standard InChI is InChI=1S/C11H14N2O4S/c14-8-2-1-7(5-8)6-12-11(15)9-3-4-10(18-9)13(16)17/h3-4,7-8,14H,1-2,5-6H2,(H,12,15). The average molecular weight is 270 g/mol. The number of nitro groups is 1. The maximum absolute atomic E-state index is 11.7. The largest absolute Gasteiger partial charge is 0.393 e. The number of amides is 1. The van der Waals surface area contributed by atoms with Crippen LogP contribution in [0, 0.1) is 16.0 Å². The number of thiophene rings is 1. The van der Waals surface area contributed by atoms with Crippen LogP contribution in [0.1, 0.15) is 28.9 Å². The molecule has 1 heterocycles. The zero-order chi connectivity index (χ0) is 13.1. The molecule has 2 unspecified atom stereocenters. The van der Waals surface area contributed by atoms with Crippen molar-refractivity contribution in [2.75, 3.05) is 6.54 Å². The van der Waals surface area contributed by atoms with Crippen molar-refractivity contribution < 1.29 is 14.8 Å². The molecule has 0 radical (unpaired) electrons. The number of hydrogen-bond acceptors (Lipinski definition) is 5. The Morgan fingerprint density at radius 1 is 1.56 bits per heavy atom. The highest BCUT2D eigenvalue weighted by Gasteiger charge is 2.23. The van der Waals surface area contributed by atoms with Crippen molar-refractivity contribution >= 4 is 22.2 Å². The molecule has 98 valence electrons. The van der Waals surface area contributed by atoms with Gasteiger partial charge in [-0.2, -0.15) is 0 Å². The zero-order valence-corrected chi connectivity index (χ0v) is 10.5. The van der Waals surface area contributed by atoms with E-state index in [-0.39, 0.29) is 17.0 Å². The molecule has 0 aliphatic heterocycles. The maximum atomic E-state index is 11.7. The Kier molecular flexibility index (Phi) is 3.93. The summed E-state index contributed by atoms with van der Waals surface area (Å²) in [5.41, 5.74) is 0. The minimum atomic E-state index is -0.505. The molecule has 2 rings (SSSR count). The molecule has 1 amide bonds. The number of carbonyl (C=O) groups is 1. The summed E-state index contributed by atoms with van der Waals surface area (Å²) in [7, 11) is 0. The van der Waals surface area contributed by atoms with Crippen molar-refractivity contribution in [2.45, 2.75) is 25.4 Å². The molecule has 1 saturated carbocycles. The number of hydrogen-bond donors (Lipinski definition) is 2. The number of rotatable bonds is 4. The van der Waals surface area contributed by atoms with Gasteiger partial charge in [-0.05, 0) is 31.2 Å². The molecule has 0 saturated heterocycles. The van der Waals surface area contributed by atoms with Gasteiger partial charge < -0.3 is 10.4 Å². The van der Waals surface area contributed by atoms with Gasteiger partial charge in [-0.3, -0.25) is 14.9 Å². The van der Waals surface area contributed by atoms with Crippen molar-refractivity contribution in [2.24, 2.45) is 5.92 Å². The highest BCUT2D eigenvalue weighted by atomic mass is 32.1. The molecule has 0 bridgehead atoms. The zero-order valence-electron chi connectivity index (χ0n) is 9.67. The molecule has 1 aromatic heterocycles. The Hall–Kier alpha value is -1.47. The third kappa shape index (κ3) is 3.05. The topological polar surface area (TPSA) is 92.5 Å². The summed E-state index contributed by atoms with van der Waals surface area (Å²) in [4.78, 5) is 22.1. The highest BCUT2D eigenvalue weighted by molar-refractivity contribution is 7.17. The van der Waals surface area contributed by atoms with E-state index >= 15 is 0 Å². The van der Waals surface area contributed by atoms with E-state index in [2.05, 4.69) is 5.32 Å². The van der Waals surface area contributed by atoms with Gasteiger partial charge in [0.2, 0.25) is 0 Å². The summed E-state index contributed by atoms with van der Waals surface area (Å²) < 4.78 is 0. The Balaban J connectivity index is 1.85. The Labute approximate surface area is 108 Å². The first-order valence-corrected chi connectivity index (χ1v) is 6.58. The van der Waals surface area contributed by atoms with E-state index < -0.39 is 4.92 Å². The fourth-order valence-electron chi connectivity index (χ4n) is 2.11. The van der Waals surface area contributed by atoms with E-state index in [4.69, 9.17) is 0 Å². The molecule has 7 heteroatoms. The van der Waals surface area contributed by atoms with Crippen molar-refractivity contribution in [1.29, 1.82) is 0 Å². The van der Waals surface area contributed by atoms with E-state index in [1.165, 1.54) is 12.1 Å². The fourth-order valence-corrected chi connectivity index (χ4v) is 2.84. The maximum Gasteiger partial charge on any atom is 0.324 e. The molecular formula is C11H14N2O4S. The number of nitrogens with zero attached hydrogens (tertiary/aromatic N) is 1. The second kappa shape index (κ2) is 5.45. The molecule has 2 atom stereocenters. The lowest BCUT2D eigenvalue weighted by Gasteiger charge is -2.09. The molecule has 2 N–H and O–H groups in total. The summed E-state index contributed by atoms with van der Waals surface area (Å²) in [6, 6.07) is 2.79. The van der Waals surface area contributed by atoms with Crippen LogP contribution in [-0.2, 0) is 0 Å². The lowest BCUT2D eigenvalue weighted by molar-refractivity contribution is -0.380. The number of aliphatic hydroxyl groups excluding tert-OH is 1. The molecular weight excluding hydrogens is 256 g/mol. The van der Waals surface area contributed by atoms with E-state index in [9.17, 15) is 20.0 Å². The van der Waals surface area contributed by atoms with Crippen LogP contribution < -0.4 is 5.32 Å². The van der Waals surface area contributed by atoms with Gasteiger partial charge in [0.1, 0.15) is 0 Å². The fraction of sp³-hybridized carbons (Fsp3) is 0.545. The van der Waals surface area contributed by atoms with Crippen molar-refractivity contribution in [1.82, 2.24) is 5.32 Å². The van der Waals surface area contributed by atoms with Crippen molar-refractivity contribution in [3.8, 4) is 0 Å². The first-order valence-electron chi connectivity index (χ1n) is 5.76. The van der Waals surface area contributed by atoms with Gasteiger partial charge in [-0.15, -0.1) is 0 Å². The summed E-state index contributed by atoms with van der Waals surface area (Å²) in [6.45, 7) is 0.515. The molecule has 1 fully saturated rings. The second-order valence-electron chi connectivity index (χ2n) is 4.44. The molecule has 18 heavy (non-hydrogen) atoms. The van der Waals surface area contributed by atoms with Crippen LogP contribution in [-0.4, -0.2) is 28.6 Å². The van der Waals surface area contributed by atoms with Crippen LogP contribution in [0.2, 0.25) is 0 Å². The van der Waals surface area contributed by atoms with Crippen LogP contribution in [0.3, 0.4) is 0 Å². The van der Waals surface area contributed by atoms with Gasteiger partial charge in [-0.25, -0.2) is 0 Å². The first kappa shape index (κ1) is 13.0. The van der Waals surface area contributed by atoms with Crippen molar-refractivity contribution in [3.05, 3.63) is 27.1 Å². The third-order valence-electron chi connectivity index (χ3n) is 3.06. The predicted octanol–water partition coefficient (Wildman–Crippen LogP) is 1.55. The second-order valence-corrected chi connectivity index (χ2v) is 5.50. The van der Waals surface area contributed by atoms with Gasteiger partial charge in [0.05, 0.1) is 15.9 Å². The Morgan fingerprint density at radius 2 is 2.33 bits per heavy atom. The lowest BCUT2D eigenvalue weighted by Crippen LogP contribution is -2.28. The molecule has 1 aliphatic rings. The van der Waals surface area contributed by atoms with Gasteiger partial charge in [-0.1, -0.05) is 11.3 Å². The van der Waals surface area contributed by atoms with Gasteiger partial charge in [0.25, 0.3) is 5.91 Å². The summed E-state index contributed by atoms with van der Waals surface area (Å²) >= 11 is 0.872. The molecule has 1 aliphatic carbocycles. The lowest BCUT2D eigenvalue weighted by atomic mass is 10.1. The van der Waals surface area contributed by atoms with Crippen LogP contribution >= 0.6 is 11.3 Å². The Morgan fingerprint density at radius 3 is 2.89 bits per heavy atom. The minimum absolute atomic E-state index is 0.0311. The normalized spacial score (nSPS) is 22.9. The third-order valence-corrected chi connectivity index (χ3v) is 4.10. The molecule has 0 aromatic carbocycles. The van der Waals surface area contributed by atoms with Gasteiger partial charge in [0.15, 0.2) is 0 Å². The first-order chi connectivity index (χ1) is 8.56. The van der Waals surface area contributed by atoms with Crippen LogP contribution in [0.15, 0.2) is 12.1 Å². The molecule has 1 aromatic rings. The summed E-state index contributed by atoms with van der Waals surface area (Å²) in [5.74, 6) is 0.0217. The van der Waals surface area contributed by atoms with Crippen LogP contribution in [0.4, 0.5) is 5.00 Å². The van der Waals surface area contributed by atoms with E-state index in [0.29, 0.717) is 23.8 Å². The van der Waals surface area contributed by atoms with Gasteiger partial charge in [0, 0.05) is 12.6 Å². The number of aliphatic hydroxyl groups is 1. The smallest absolute Gasteiger partial charge is 0.324 e. The quantitative estimate of drug-likeness (QED) is 0.641. The van der Waals surface area contributed by atoms with Crippen molar-refractivity contribution in [3.63, 3.8) is 0 Å². The average Bonchev–Trinajstić information content (AvgIpc) is 2.94. The minimum Gasteiger partial charge on any atom is -0.393 e. The van der Waals surface area contributed by atoms with E-state index in [0.717, 1.165) is 24.2 Å². The Bertz CT molecular complexity index is 460. The van der Waals surface area contributed by atoms with Gasteiger partial charge >= 0.3 is 5.00 Å². The SMILES string of the molecule is O=C(NCC1CCC(O)C1)c1ccc([N+](=O)[O-])s1. The van der Waals surface area contributed by atoms with E-state index in [1.807, 2.05) is 0 Å². The molecule has 6 nitrogen and oxygen atoms in total. The number of nitrogens with one attached hydrogen (secondary N) is 1. The summed E-state index contributed by atoms with van der Waals surface area (Å²) in [6.07, 6.45) is 2.15. The summed E-state index contributed by atoms with van der Waals surface area (Å²) in [5, 5.41) is 22.6. The number of carbonyl (C=O) groups excluding carboxylic acids is 1. The van der Waals surface area contributed by atoms with Crippen LogP contribution in [0.5, 0.6) is 0 Å². The predicted molar refractivity (Wildman–Crippen MR) is 66.7 cm³/mol. The van der Waals surface area contributed by atoms with Crippen LogP contribution in [0.25, 0.3) is 0 Å². The van der Waals surface area contributed by atoms with E-state index in [1.54, 1.807) is 0 Å². The highest BCUT2D eigenvalue weighted by Crippen LogP contribution is 2.26. The monoisotopic (exact) mass is 270 g/mol. The molecule has 0 spiro atoms.